The molecule has 2 rings (SSSR count). The molecule has 0 radical (unpaired) electrons. The topological polar surface area (TPSA) is 64.2 Å². The van der Waals surface area contributed by atoms with Crippen LogP contribution in [0.15, 0.2) is 17.6 Å². The molecule has 0 aliphatic heterocycles. The fraction of sp³-hybridized carbons (Fsp3) is 0.727. The molecule has 6 heteroatoms. The van der Waals surface area contributed by atoms with Gasteiger partial charge in [-0.1, -0.05) is 0 Å². The quantitative estimate of drug-likeness (QED) is 0.863. The van der Waals surface area contributed by atoms with Gasteiger partial charge in [0.1, 0.15) is 11.0 Å². The lowest BCUT2D eigenvalue weighted by Crippen LogP contribution is -2.39. The molecule has 0 spiro atoms. The average molecular weight is 256 g/mol. The van der Waals surface area contributed by atoms with Gasteiger partial charge in [0.15, 0.2) is 5.03 Å². The number of rotatable bonds is 3. The molecule has 0 bridgehead atoms. The van der Waals surface area contributed by atoms with Crippen molar-refractivity contribution >= 4 is 11.0 Å². The number of hydrogen-bond donors (Lipinski definition) is 1. The van der Waals surface area contributed by atoms with Crippen LogP contribution in [0.5, 0.6) is 0 Å². The standard InChI is InChI=1S/C11H20N4OS/c1-14-7-11(13-8-14)17(16)15(2)10-5-3-9(12)4-6-10/h7-10H,3-6,12H2,1-2H3. The maximum atomic E-state index is 12.3. The molecular weight excluding hydrogens is 236 g/mol. The van der Waals surface area contributed by atoms with Crippen molar-refractivity contribution in [2.24, 2.45) is 12.8 Å². The van der Waals surface area contributed by atoms with E-state index in [4.69, 9.17) is 5.73 Å². The van der Waals surface area contributed by atoms with Crippen molar-refractivity contribution in [3.05, 3.63) is 12.5 Å². The summed E-state index contributed by atoms with van der Waals surface area (Å²) in [7, 11) is 2.64. The first-order valence-electron chi connectivity index (χ1n) is 5.96. The van der Waals surface area contributed by atoms with Crippen LogP contribution in [0.3, 0.4) is 0 Å². The second-order valence-electron chi connectivity index (χ2n) is 4.74. The molecule has 2 N–H and O–H groups in total. The Labute approximate surface area is 105 Å². The van der Waals surface area contributed by atoms with E-state index >= 15 is 0 Å². The molecule has 5 nitrogen and oxygen atoms in total. The van der Waals surface area contributed by atoms with Gasteiger partial charge in [-0.25, -0.2) is 13.5 Å². The molecular formula is C11H20N4OS. The first-order valence-corrected chi connectivity index (χ1v) is 7.07. The van der Waals surface area contributed by atoms with Crippen LogP contribution in [-0.4, -0.2) is 37.2 Å². The van der Waals surface area contributed by atoms with Crippen molar-refractivity contribution < 1.29 is 4.21 Å². The summed E-state index contributed by atoms with van der Waals surface area (Å²) in [5.74, 6) is 0. The third-order valence-electron chi connectivity index (χ3n) is 3.38. The minimum absolute atomic E-state index is 0.322. The van der Waals surface area contributed by atoms with E-state index in [1.807, 2.05) is 23.0 Å². The van der Waals surface area contributed by atoms with Crippen LogP contribution in [-0.2, 0) is 18.0 Å². The molecule has 1 saturated carbocycles. The SMILES string of the molecule is CN(C1CCC(N)CC1)S(=O)c1cn(C)cn1. The predicted molar refractivity (Wildman–Crippen MR) is 67.6 cm³/mol. The van der Waals surface area contributed by atoms with Crippen LogP contribution in [0.4, 0.5) is 0 Å². The van der Waals surface area contributed by atoms with Crippen molar-refractivity contribution in [3.8, 4) is 0 Å². The summed E-state index contributed by atoms with van der Waals surface area (Å²) in [4.78, 5) is 4.14. The summed E-state index contributed by atoms with van der Waals surface area (Å²) in [6, 6.07) is 0.681. The molecule has 0 saturated heterocycles. The number of aryl methyl sites for hydroxylation is 1. The Kier molecular flexibility index (Phi) is 3.96. The summed E-state index contributed by atoms with van der Waals surface area (Å²) in [6.07, 6.45) is 7.58. The van der Waals surface area contributed by atoms with E-state index in [9.17, 15) is 4.21 Å². The summed E-state index contributed by atoms with van der Waals surface area (Å²) in [5.41, 5.74) is 5.88. The zero-order chi connectivity index (χ0) is 12.4. The van der Waals surface area contributed by atoms with Crippen LogP contribution in [0.1, 0.15) is 25.7 Å². The molecule has 1 aliphatic carbocycles. The van der Waals surface area contributed by atoms with Crippen LogP contribution in [0.2, 0.25) is 0 Å². The van der Waals surface area contributed by atoms with E-state index < -0.39 is 11.0 Å². The van der Waals surface area contributed by atoms with Crippen LogP contribution >= 0.6 is 0 Å². The molecule has 0 aromatic carbocycles. The lowest BCUT2D eigenvalue weighted by molar-refractivity contribution is 0.277. The molecule has 0 amide bonds. The summed E-state index contributed by atoms with van der Waals surface area (Å²) in [6.45, 7) is 0. The Morgan fingerprint density at radius 1 is 1.47 bits per heavy atom. The summed E-state index contributed by atoms with van der Waals surface area (Å²) >= 11 is 0. The van der Waals surface area contributed by atoms with Crippen LogP contribution in [0.25, 0.3) is 0 Å². The van der Waals surface area contributed by atoms with Gasteiger partial charge in [0.25, 0.3) is 0 Å². The normalized spacial score (nSPS) is 27.3. The summed E-state index contributed by atoms with van der Waals surface area (Å²) < 4.78 is 16.0. The van der Waals surface area contributed by atoms with E-state index in [0.29, 0.717) is 17.1 Å². The predicted octanol–water partition coefficient (Wildman–Crippen LogP) is 0.644. The first-order chi connectivity index (χ1) is 8.08. The maximum Gasteiger partial charge on any atom is 0.160 e. The van der Waals surface area contributed by atoms with Gasteiger partial charge in [-0.05, 0) is 25.7 Å². The largest absolute Gasteiger partial charge is 0.339 e. The minimum Gasteiger partial charge on any atom is -0.339 e. The minimum atomic E-state index is -1.16. The summed E-state index contributed by atoms with van der Waals surface area (Å²) in [5, 5.41) is 0.630. The number of imidazole rings is 1. The number of nitrogens with zero attached hydrogens (tertiary/aromatic N) is 3. The van der Waals surface area contributed by atoms with Crippen molar-refractivity contribution in [2.75, 3.05) is 7.05 Å². The van der Waals surface area contributed by atoms with Gasteiger partial charge in [-0.2, -0.15) is 0 Å². The van der Waals surface area contributed by atoms with Gasteiger partial charge >= 0.3 is 0 Å². The molecule has 1 aliphatic rings. The fourth-order valence-corrected chi connectivity index (χ4v) is 3.40. The zero-order valence-corrected chi connectivity index (χ0v) is 11.2. The van der Waals surface area contributed by atoms with Crippen molar-refractivity contribution in [3.63, 3.8) is 0 Å². The molecule has 1 unspecified atom stereocenters. The third-order valence-corrected chi connectivity index (χ3v) is 4.77. The van der Waals surface area contributed by atoms with Crippen molar-refractivity contribution in [1.82, 2.24) is 13.9 Å². The Bertz CT molecular complexity index is 398. The number of aromatic nitrogens is 2. The Balaban J connectivity index is 2.00. The second kappa shape index (κ2) is 5.29. The fourth-order valence-electron chi connectivity index (χ4n) is 2.23. The highest BCUT2D eigenvalue weighted by atomic mass is 32.2. The number of hydrogen-bond acceptors (Lipinski definition) is 3. The maximum absolute atomic E-state index is 12.3. The van der Waals surface area contributed by atoms with Gasteiger partial charge in [0.05, 0.1) is 6.33 Å². The molecule has 1 aromatic heterocycles. The van der Waals surface area contributed by atoms with Gasteiger partial charge in [0, 0.05) is 32.4 Å². The Hall–Kier alpha value is -0.720. The molecule has 17 heavy (non-hydrogen) atoms. The third kappa shape index (κ3) is 2.94. The smallest absolute Gasteiger partial charge is 0.160 e. The molecule has 96 valence electrons. The van der Waals surface area contributed by atoms with Crippen LogP contribution < -0.4 is 5.73 Å². The molecule has 1 aromatic rings. The highest BCUT2D eigenvalue weighted by molar-refractivity contribution is 7.82. The van der Waals surface area contributed by atoms with Gasteiger partial charge in [-0.15, -0.1) is 0 Å². The van der Waals surface area contributed by atoms with E-state index in [2.05, 4.69) is 4.98 Å². The second-order valence-corrected chi connectivity index (χ2v) is 6.23. The lowest BCUT2D eigenvalue weighted by atomic mass is 9.92. The van der Waals surface area contributed by atoms with E-state index in [1.54, 1.807) is 12.5 Å². The van der Waals surface area contributed by atoms with Gasteiger partial charge in [-0.3, -0.25) is 0 Å². The van der Waals surface area contributed by atoms with E-state index in [-0.39, 0.29) is 0 Å². The molecule has 1 heterocycles. The first kappa shape index (κ1) is 12.7. The van der Waals surface area contributed by atoms with Gasteiger partial charge < -0.3 is 10.3 Å². The number of nitrogens with two attached hydrogens (primary N) is 1. The molecule has 1 atom stereocenters. The highest BCUT2D eigenvalue weighted by Gasteiger charge is 2.26. The highest BCUT2D eigenvalue weighted by Crippen LogP contribution is 2.23. The van der Waals surface area contributed by atoms with Crippen molar-refractivity contribution in [1.29, 1.82) is 0 Å². The lowest BCUT2D eigenvalue weighted by Gasteiger charge is -2.31. The van der Waals surface area contributed by atoms with Crippen molar-refractivity contribution in [2.45, 2.75) is 42.8 Å². The monoisotopic (exact) mass is 256 g/mol. The van der Waals surface area contributed by atoms with E-state index in [1.165, 1.54) is 0 Å². The zero-order valence-electron chi connectivity index (χ0n) is 10.4. The van der Waals surface area contributed by atoms with Gasteiger partial charge in [0.2, 0.25) is 0 Å². The van der Waals surface area contributed by atoms with Crippen LogP contribution in [0, 0.1) is 0 Å². The molecule has 1 fully saturated rings. The van der Waals surface area contributed by atoms with E-state index in [0.717, 1.165) is 25.7 Å². The Morgan fingerprint density at radius 2 is 2.12 bits per heavy atom. The average Bonchev–Trinajstić information content (AvgIpc) is 2.75. The Morgan fingerprint density at radius 3 is 2.65 bits per heavy atom.